The molecule has 2 heterocycles. The molecular formula is C13H19N3O4S. The fourth-order valence-corrected chi connectivity index (χ4v) is 3.11. The Morgan fingerprint density at radius 3 is 3.00 bits per heavy atom. The van der Waals surface area contributed by atoms with Crippen molar-refractivity contribution in [3.63, 3.8) is 0 Å². The van der Waals surface area contributed by atoms with Crippen LogP contribution in [0, 0.1) is 5.41 Å². The maximum absolute atomic E-state index is 12.2. The number of urea groups is 1. The van der Waals surface area contributed by atoms with Crippen molar-refractivity contribution in [1.29, 1.82) is 0 Å². The summed E-state index contributed by atoms with van der Waals surface area (Å²) in [5.74, 6) is -0.924. The number of amides is 2. The standard InChI is InChI=1S/C13H19N3O4S/c1-9(10-5-21-8-14-10)15-12(19)16-4-3-13(6-16,7-20-2)11(17)18/h5,8-9H,3-4,6-7H2,1-2H3,(H,15,19)(H,17,18). The van der Waals surface area contributed by atoms with Gasteiger partial charge in [0, 0.05) is 25.6 Å². The zero-order valence-corrected chi connectivity index (χ0v) is 12.9. The van der Waals surface area contributed by atoms with Gasteiger partial charge >= 0.3 is 12.0 Å². The summed E-state index contributed by atoms with van der Waals surface area (Å²) in [5.41, 5.74) is 1.51. The first-order valence-corrected chi connectivity index (χ1v) is 7.58. The van der Waals surface area contributed by atoms with E-state index in [1.165, 1.54) is 23.3 Å². The molecule has 0 spiro atoms. The van der Waals surface area contributed by atoms with Gasteiger partial charge in [0.15, 0.2) is 0 Å². The number of thiazole rings is 1. The molecule has 1 saturated heterocycles. The summed E-state index contributed by atoms with van der Waals surface area (Å²) in [6.07, 6.45) is 0.397. The number of hydrogen-bond donors (Lipinski definition) is 2. The summed E-state index contributed by atoms with van der Waals surface area (Å²) in [4.78, 5) is 29.3. The van der Waals surface area contributed by atoms with Gasteiger partial charge in [0.1, 0.15) is 5.41 Å². The van der Waals surface area contributed by atoms with Crippen molar-refractivity contribution in [3.05, 3.63) is 16.6 Å². The van der Waals surface area contributed by atoms with Crippen molar-refractivity contribution >= 4 is 23.3 Å². The molecule has 1 aromatic rings. The lowest BCUT2D eigenvalue weighted by Gasteiger charge is -2.24. The molecule has 1 fully saturated rings. The summed E-state index contributed by atoms with van der Waals surface area (Å²) < 4.78 is 5.01. The first kappa shape index (κ1) is 15.7. The van der Waals surface area contributed by atoms with Gasteiger partial charge in [-0.2, -0.15) is 0 Å². The molecule has 8 heteroatoms. The number of aromatic nitrogens is 1. The number of carbonyl (C=O) groups is 2. The molecule has 2 N–H and O–H groups in total. The fraction of sp³-hybridized carbons (Fsp3) is 0.615. The van der Waals surface area contributed by atoms with Gasteiger partial charge in [0.2, 0.25) is 0 Å². The topological polar surface area (TPSA) is 91.8 Å². The monoisotopic (exact) mass is 313 g/mol. The molecule has 1 aliphatic heterocycles. The number of carboxylic acids is 1. The molecule has 2 unspecified atom stereocenters. The summed E-state index contributed by atoms with van der Waals surface area (Å²) in [7, 11) is 1.47. The van der Waals surface area contributed by atoms with Gasteiger partial charge in [-0.05, 0) is 13.3 Å². The third kappa shape index (κ3) is 3.33. The van der Waals surface area contributed by atoms with E-state index in [-0.39, 0.29) is 25.2 Å². The van der Waals surface area contributed by atoms with E-state index in [0.29, 0.717) is 13.0 Å². The van der Waals surface area contributed by atoms with Crippen molar-refractivity contribution in [1.82, 2.24) is 15.2 Å². The summed E-state index contributed by atoms with van der Waals surface area (Å²) >= 11 is 1.47. The summed E-state index contributed by atoms with van der Waals surface area (Å²) in [6, 6.07) is -0.472. The van der Waals surface area contributed by atoms with Crippen LogP contribution in [-0.4, -0.2) is 53.8 Å². The fourth-order valence-electron chi connectivity index (χ4n) is 2.46. The molecule has 2 atom stereocenters. The second-order valence-corrected chi connectivity index (χ2v) is 5.99. The van der Waals surface area contributed by atoms with Crippen molar-refractivity contribution in [2.24, 2.45) is 5.41 Å². The normalized spacial score (nSPS) is 23.0. The van der Waals surface area contributed by atoms with Crippen molar-refractivity contribution < 1.29 is 19.4 Å². The Balaban J connectivity index is 1.97. The summed E-state index contributed by atoms with van der Waals surface area (Å²) in [5, 5.41) is 14.1. The molecule has 1 aliphatic rings. The molecular weight excluding hydrogens is 294 g/mol. The van der Waals surface area contributed by atoms with Crippen LogP contribution in [0.5, 0.6) is 0 Å². The minimum Gasteiger partial charge on any atom is -0.481 e. The van der Waals surface area contributed by atoms with Crippen molar-refractivity contribution in [2.45, 2.75) is 19.4 Å². The van der Waals surface area contributed by atoms with E-state index in [9.17, 15) is 14.7 Å². The van der Waals surface area contributed by atoms with Crippen LogP contribution in [0.4, 0.5) is 4.79 Å². The maximum Gasteiger partial charge on any atom is 0.317 e. The number of aliphatic carboxylic acids is 1. The number of nitrogens with zero attached hydrogens (tertiary/aromatic N) is 2. The van der Waals surface area contributed by atoms with Crippen LogP contribution in [0.2, 0.25) is 0 Å². The molecule has 0 aliphatic carbocycles. The number of nitrogens with one attached hydrogen (secondary N) is 1. The molecule has 2 rings (SSSR count). The first-order chi connectivity index (χ1) is 9.98. The number of carbonyl (C=O) groups excluding carboxylic acids is 1. The van der Waals surface area contributed by atoms with E-state index in [0.717, 1.165) is 5.69 Å². The lowest BCUT2D eigenvalue weighted by atomic mass is 9.88. The zero-order valence-electron chi connectivity index (χ0n) is 12.0. The van der Waals surface area contributed by atoms with Gasteiger partial charge in [0.05, 0.1) is 23.9 Å². The third-order valence-electron chi connectivity index (χ3n) is 3.75. The van der Waals surface area contributed by atoms with Gasteiger partial charge in [-0.15, -0.1) is 11.3 Å². The lowest BCUT2D eigenvalue weighted by molar-refractivity contribution is -0.151. The van der Waals surface area contributed by atoms with Crippen LogP contribution in [0.3, 0.4) is 0 Å². The number of carboxylic acid groups (broad SMARTS) is 1. The van der Waals surface area contributed by atoms with E-state index in [1.807, 2.05) is 12.3 Å². The smallest absolute Gasteiger partial charge is 0.317 e. The van der Waals surface area contributed by atoms with E-state index < -0.39 is 11.4 Å². The average Bonchev–Trinajstić information content (AvgIpc) is 3.09. The van der Waals surface area contributed by atoms with Crippen LogP contribution in [0.25, 0.3) is 0 Å². The van der Waals surface area contributed by atoms with Gasteiger partial charge < -0.3 is 20.1 Å². The molecule has 21 heavy (non-hydrogen) atoms. The van der Waals surface area contributed by atoms with E-state index in [1.54, 1.807) is 5.51 Å². The molecule has 0 radical (unpaired) electrons. The Kier molecular flexibility index (Phi) is 4.79. The number of methoxy groups -OCH3 is 1. The molecule has 1 aromatic heterocycles. The highest BCUT2D eigenvalue weighted by atomic mass is 32.1. The van der Waals surface area contributed by atoms with Gasteiger partial charge in [-0.25, -0.2) is 9.78 Å². The van der Waals surface area contributed by atoms with E-state index >= 15 is 0 Å². The molecule has 0 bridgehead atoms. The van der Waals surface area contributed by atoms with Crippen LogP contribution in [0.1, 0.15) is 25.1 Å². The first-order valence-electron chi connectivity index (χ1n) is 6.64. The number of hydrogen-bond acceptors (Lipinski definition) is 5. The van der Waals surface area contributed by atoms with E-state index in [2.05, 4.69) is 10.3 Å². The van der Waals surface area contributed by atoms with Crippen LogP contribution in [0.15, 0.2) is 10.9 Å². The Hall–Kier alpha value is -1.67. The SMILES string of the molecule is COCC1(C(=O)O)CCN(C(=O)NC(C)c2cscn2)C1. The number of ether oxygens (including phenoxy) is 1. The quantitative estimate of drug-likeness (QED) is 0.856. The number of likely N-dealkylation sites (tertiary alicyclic amines) is 1. The second kappa shape index (κ2) is 6.40. The van der Waals surface area contributed by atoms with Crippen LogP contribution in [-0.2, 0) is 9.53 Å². The third-order valence-corrected chi connectivity index (χ3v) is 4.36. The average molecular weight is 313 g/mol. The molecule has 116 valence electrons. The molecule has 7 nitrogen and oxygen atoms in total. The largest absolute Gasteiger partial charge is 0.481 e. The predicted molar refractivity (Wildman–Crippen MR) is 77.2 cm³/mol. The lowest BCUT2D eigenvalue weighted by Crippen LogP contribution is -2.44. The van der Waals surface area contributed by atoms with Gasteiger partial charge in [-0.1, -0.05) is 0 Å². The van der Waals surface area contributed by atoms with Crippen LogP contribution >= 0.6 is 11.3 Å². The minimum absolute atomic E-state index is 0.105. The molecule has 2 amide bonds. The highest BCUT2D eigenvalue weighted by Gasteiger charge is 2.46. The van der Waals surface area contributed by atoms with Crippen molar-refractivity contribution in [3.8, 4) is 0 Å². The summed E-state index contributed by atoms with van der Waals surface area (Å²) in [6.45, 7) is 2.52. The highest BCUT2D eigenvalue weighted by molar-refractivity contribution is 7.07. The van der Waals surface area contributed by atoms with Crippen LogP contribution < -0.4 is 5.32 Å². The second-order valence-electron chi connectivity index (χ2n) is 5.27. The maximum atomic E-state index is 12.2. The Morgan fingerprint density at radius 2 is 2.43 bits per heavy atom. The Morgan fingerprint density at radius 1 is 1.67 bits per heavy atom. The van der Waals surface area contributed by atoms with Crippen molar-refractivity contribution in [2.75, 3.05) is 26.8 Å². The molecule has 0 saturated carbocycles. The highest BCUT2D eigenvalue weighted by Crippen LogP contribution is 2.31. The Labute approximate surface area is 126 Å². The minimum atomic E-state index is -1.00. The predicted octanol–water partition coefficient (Wildman–Crippen LogP) is 1.34. The van der Waals surface area contributed by atoms with Gasteiger partial charge in [0.25, 0.3) is 0 Å². The Bertz CT molecular complexity index is 508. The van der Waals surface area contributed by atoms with Gasteiger partial charge in [-0.3, -0.25) is 4.79 Å². The van der Waals surface area contributed by atoms with E-state index in [4.69, 9.17) is 4.74 Å². The zero-order chi connectivity index (χ0) is 15.5. The number of rotatable bonds is 5. The molecule has 0 aromatic carbocycles.